The van der Waals surface area contributed by atoms with Gasteiger partial charge in [0, 0.05) is 68.4 Å². The van der Waals surface area contributed by atoms with Crippen LogP contribution in [0.1, 0.15) is 22.3 Å². The summed E-state index contributed by atoms with van der Waals surface area (Å²) in [5.41, 5.74) is 8.79. The molecule has 0 atom stereocenters. The standard InChI is InChI=1S/C33H24N4/c1-5-13-29-21(9-1)25(17-34-29)33(26-18-35-30-14-6-2-10-22(26)30,27-19-36-31-15-7-3-11-23(27)31)28-20-37-32-16-8-4-12-24(28)32/h1-20,34-37H. The average Bonchev–Trinajstić information content (AvgIpc) is 3.75. The monoisotopic (exact) mass is 476 g/mol. The summed E-state index contributed by atoms with van der Waals surface area (Å²) in [5, 5.41) is 4.85. The van der Waals surface area contributed by atoms with E-state index in [1.807, 2.05) is 0 Å². The van der Waals surface area contributed by atoms with E-state index < -0.39 is 5.41 Å². The van der Waals surface area contributed by atoms with Gasteiger partial charge in [-0.15, -0.1) is 0 Å². The van der Waals surface area contributed by atoms with Crippen LogP contribution in [0, 0.1) is 0 Å². The highest BCUT2D eigenvalue weighted by atomic mass is 14.8. The normalized spacial score (nSPS) is 12.3. The third-order valence-electron chi connectivity index (χ3n) is 7.97. The lowest BCUT2D eigenvalue weighted by atomic mass is 9.65. The van der Waals surface area contributed by atoms with Crippen LogP contribution in [0.5, 0.6) is 0 Å². The number of aromatic amines is 4. The van der Waals surface area contributed by atoms with Gasteiger partial charge in [-0.25, -0.2) is 0 Å². The van der Waals surface area contributed by atoms with E-state index in [1.165, 1.54) is 43.8 Å². The smallest absolute Gasteiger partial charge is 0.0784 e. The summed E-state index contributed by atoms with van der Waals surface area (Å²) in [4.78, 5) is 14.4. The van der Waals surface area contributed by atoms with Crippen molar-refractivity contribution >= 4 is 43.6 Å². The van der Waals surface area contributed by atoms with Gasteiger partial charge in [-0.2, -0.15) is 0 Å². The molecule has 0 saturated heterocycles. The second kappa shape index (κ2) is 7.52. The predicted molar refractivity (Wildman–Crippen MR) is 152 cm³/mol. The molecule has 0 fully saturated rings. The van der Waals surface area contributed by atoms with Crippen molar-refractivity contribution in [1.29, 1.82) is 0 Å². The average molecular weight is 477 g/mol. The fourth-order valence-electron chi connectivity index (χ4n) is 6.40. The molecule has 4 heteroatoms. The van der Waals surface area contributed by atoms with Gasteiger partial charge in [0.2, 0.25) is 0 Å². The molecule has 0 radical (unpaired) electrons. The van der Waals surface area contributed by atoms with Crippen molar-refractivity contribution in [3.63, 3.8) is 0 Å². The van der Waals surface area contributed by atoms with E-state index in [2.05, 4.69) is 142 Å². The molecule has 0 bridgehead atoms. The lowest BCUT2D eigenvalue weighted by Crippen LogP contribution is -2.30. The molecule has 176 valence electrons. The SMILES string of the molecule is c1ccc2c(C(c3c[nH]c4ccccc34)(c3c[nH]c4ccccc34)c3c[nH]c4ccccc34)c[nH]c2c1. The maximum Gasteiger partial charge on any atom is 0.0784 e. The van der Waals surface area contributed by atoms with Gasteiger partial charge in [-0.1, -0.05) is 72.8 Å². The van der Waals surface area contributed by atoms with Gasteiger partial charge in [0.15, 0.2) is 0 Å². The molecule has 8 rings (SSSR count). The Labute approximate surface area is 213 Å². The minimum atomic E-state index is -0.613. The first-order valence-electron chi connectivity index (χ1n) is 12.6. The Balaban J connectivity index is 1.65. The second-order valence-corrected chi connectivity index (χ2v) is 9.74. The number of benzene rings is 4. The Morgan fingerprint density at radius 3 is 0.838 bits per heavy atom. The number of fused-ring (bicyclic) bond motifs is 4. The highest BCUT2D eigenvalue weighted by molar-refractivity contribution is 5.99. The summed E-state index contributed by atoms with van der Waals surface area (Å²) < 4.78 is 0. The third kappa shape index (κ3) is 2.67. The quantitative estimate of drug-likeness (QED) is 0.199. The van der Waals surface area contributed by atoms with Crippen LogP contribution in [0.4, 0.5) is 0 Å². The molecule has 0 aliphatic rings. The zero-order chi connectivity index (χ0) is 24.4. The zero-order valence-electron chi connectivity index (χ0n) is 20.0. The van der Waals surface area contributed by atoms with Crippen LogP contribution in [-0.4, -0.2) is 19.9 Å². The van der Waals surface area contributed by atoms with E-state index in [0.29, 0.717) is 0 Å². The summed E-state index contributed by atoms with van der Waals surface area (Å²) in [7, 11) is 0. The molecule has 0 spiro atoms. The molecule has 4 aromatic carbocycles. The van der Waals surface area contributed by atoms with Gasteiger partial charge in [0.1, 0.15) is 0 Å². The zero-order valence-corrected chi connectivity index (χ0v) is 20.0. The number of para-hydroxylation sites is 4. The number of hydrogen-bond acceptors (Lipinski definition) is 0. The van der Waals surface area contributed by atoms with Crippen molar-refractivity contribution in [1.82, 2.24) is 19.9 Å². The molecule has 4 aromatic heterocycles. The first-order valence-corrected chi connectivity index (χ1v) is 12.6. The van der Waals surface area contributed by atoms with Crippen LogP contribution >= 0.6 is 0 Å². The Hall–Kier alpha value is -4.96. The molecule has 0 saturated carbocycles. The molecule has 4 heterocycles. The number of aromatic nitrogens is 4. The molecule has 8 aromatic rings. The Morgan fingerprint density at radius 1 is 0.324 bits per heavy atom. The minimum Gasteiger partial charge on any atom is -0.361 e. The highest BCUT2D eigenvalue weighted by Gasteiger charge is 2.45. The molecule has 0 amide bonds. The van der Waals surface area contributed by atoms with Crippen LogP contribution in [0.2, 0.25) is 0 Å². The van der Waals surface area contributed by atoms with E-state index in [9.17, 15) is 0 Å². The third-order valence-corrected chi connectivity index (χ3v) is 7.97. The Bertz CT molecular complexity index is 1760. The molecule has 37 heavy (non-hydrogen) atoms. The van der Waals surface area contributed by atoms with E-state index >= 15 is 0 Å². The summed E-state index contributed by atoms with van der Waals surface area (Å²) >= 11 is 0. The molecule has 4 nitrogen and oxygen atoms in total. The van der Waals surface area contributed by atoms with E-state index in [-0.39, 0.29) is 0 Å². The van der Waals surface area contributed by atoms with Crippen molar-refractivity contribution in [3.8, 4) is 0 Å². The van der Waals surface area contributed by atoms with Crippen molar-refractivity contribution in [3.05, 3.63) is 144 Å². The Morgan fingerprint density at radius 2 is 0.568 bits per heavy atom. The highest BCUT2D eigenvalue weighted by Crippen LogP contribution is 2.53. The number of rotatable bonds is 4. The van der Waals surface area contributed by atoms with Crippen LogP contribution in [0.25, 0.3) is 43.6 Å². The maximum absolute atomic E-state index is 3.59. The first-order chi connectivity index (χ1) is 18.4. The molecular weight excluding hydrogens is 452 g/mol. The van der Waals surface area contributed by atoms with Gasteiger partial charge >= 0.3 is 0 Å². The Kier molecular flexibility index (Phi) is 4.12. The van der Waals surface area contributed by atoms with Gasteiger partial charge in [-0.05, 0) is 46.5 Å². The lowest BCUT2D eigenvalue weighted by molar-refractivity contribution is 0.774. The van der Waals surface area contributed by atoms with Crippen LogP contribution in [0.15, 0.2) is 122 Å². The summed E-state index contributed by atoms with van der Waals surface area (Å²) in [6.07, 6.45) is 8.82. The minimum absolute atomic E-state index is 0.613. The van der Waals surface area contributed by atoms with E-state index in [1.54, 1.807) is 0 Å². The van der Waals surface area contributed by atoms with Crippen molar-refractivity contribution < 1.29 is 0 Å². The lowest BCUT2D eigenvalue weighted by Gasteiger charge is -2.34. The molecular formula is C33H24N4. The van der Waals surface area contributed by atoms with Gasteiger partial charge < -0.3 is 19.9 Å². The van der Waals surface area contributed by atoms with E-state index in [0.717, 1.165) is 22.1 Å². The summed E-state index contributed by atoms with van der Waals surface area (Å²) in [5.74, 6) is 0. The fourth-order valence-corrected chi connectivity index (χ4v) is 6.40. The number of hydrogen-bond donors (Lipinski definition) is 4. The number of H-pyrrole nitrogens is 4. The second-order valence-electron chi connectivity index (χ2n) is 9.74. The maximum atomic E-state index is 3.59. The summed E-state index contributed by atoms with van der Waals surface area (Å²) in [6, 6.07) is 34.4. The van der Waals surface area contributed by atoms with E-state index in [4.69, 9.17) is 0 Å². The molecule has 0 aliphatic heterocycles. The van der Waals surface area contributed by atoms with Crippen LogP contribution in [0.3, 0.4) is 0 Å². The first kappa shape index (κ1) is 20.3. The topological polar surface area (TPSA) is 63.2 Å². The van der Waals surface area contributed by atoms with Crippen molar-refractivity contribution in [2.45, 2.75) is 5.41 Å². The van der Waals surface area contributed by atoms with Crippen LogP contribution in [-0.2, 0) is 5.41 Å². The summed E-state index contributed by atoms with van der Waals surface area (Å²) in [6.45, 7) is 0. The number of nitrogens with one attached hydrogen (secondary N) is 4. The predicted octanol–water partition coefficient (Wildman–Crippen LogP) is 7.99. The molecule has 4 N–H and O–H groups in total. The van der Waals surface area contributed by atoms with Crippen molar-refractivity contribution in [2.24, 2.45) is 0 Å². The van der Waals surface area contributed by atoms with Gasteiger partial charge in [-0.3, -0.25) is 0 Å². The molecule has 0 aliphatic carbocycles. The largest absolute Gasteiger partial charge is 0.361 e. The fraction of sp³-hybridized carbons (Fsp3) is 0.0303. The van der Waals surface area contributed by atoms with Gasteiger partial charge in [0.05, 0.1) is 5.41 Å². The van der Waals surface area contributed by atoms with Crippen molar-refractivity contribution in [2.75, 3.05) is 0 Å². The molecule has 0 unspecified atom stereocenters. The van der Waals surface area contributed by atoms with Crippen LogP contribution < -0.4 is 0 Å². The van der Waals surface area contributed by atoms with Gasteiger partial charge in [0.25, 0.3) is 0 Å².